The summed E-state index contributed by atoms with van der Waals surface area (Å²) in [4.78, 5) is 12.4. The topological polar surface area (TPSA) is 80.6 Å². The van der Waals surface area contributed by atoms with Crippen molar-refractivity contribution >= 4 is 5.84 Å². The second-order valence-corrected chi connectivity index (χ2v) is 4.69. The highest BCUT2D eigenvalue weighted by molar-refractivity contribution is 5.96. The highest BCUT2D eigenvalue weighted by Crippen LogP contribution is 2.10. The standard InChI is InChI=1S/C15H17N3O2/c1-10-5-3-4-6-12(10)9-18-11(2)7-8-13(15(18)19)14(16)17-20/h3-8,20H,9H2,1-2H3,(H2,16,17). The van der Waals surface area contributed by atoms with E-state index in [0.717, 1.165) is 16.8 Å². The quantitative estimate of drug-likeness (QED) is 0.385. The molecule has 0 radical (unpaired) electrons. The van der Waals surface area contributed by atoms with E-state index in [1.54, 1.807) is 16.7 Å². The number of nitrogens with zero attached hydrogens (tertiary/aromatic N) is 2. The minimum atomic E-state index is -0.261. The molecule has 0 unspecified atom stereocenters. The highest BCUT2D eigenvalue weighted by Gasteiger charge is 2.11. The zero-order valence-corrected chi connectivity index (χ0v) is 11.5. The lowest BCUT2D eigenvalue weighted by Crippen LogP contribution is -2.31. The van der Waals surface area contributed by atoms with Gasteiger partial charge in [0.25, 0.3) is 5.56 Å². The first kappa shape index (κ1) is 13.9. The van der Waals surface area contributed by atoms with E-state index >= 15 is 0 Å². The molecule has 2 rings (SSSR count). The summed E-state index contributed by atoms with van der Waals surface area (Å²) in [5.74, 6) is -0.173. The van der Waals surface area contributed by atoms with Crippen molar-refractivity contribution in [3.63, 3.8) is 0 Å². The van der Waals surface area contributed by atoms with Crippen LogP contribution < -0.4 is 11.3 Å². The summed E-state index contributed by atoms with van der Waals surface area (Å²) in [7, 11) is 0. The van der Waals surface area contributed by atoms with Crippen LogP contribution in [0.2, 0.25) is 0 Å². The molecule has 0 saturated heterocycles. The van der Waals surface area contributed by atoms with Crippen LogP contribution in [0, 0.1) is 13.8 Å². The van der Waals surface area contributed by atoms with Gasteiger partial charge in [-0.05, 0) is 37.1 Å². The molecule has 0 fully saturated rings. The van der Waals surface area contributed by atoms with Crippen molar-refractivity contribution in [2.24, 2.45) is 10.9 Å². The lowest BCUT2D eigenvalue weighted by molar-refractivity contribution is 0.318. The summed E-state index contributed by atoms with van der Waals surface area (Å²) in [6.07, 6.45) is 0. The van der Waals surface area contributed by atoms with Gasteiger partial charge in [0, 0.05) is 5.69 Å². The number of aromatic nitrogens is 1. The molecule has 3 N–H and O–H groups in total. The maximum absolute atomic E-state index is 12.4. The van der Waals surface area contributed by atoms with Gasteiger partial charge < -0.3 is 15.5 Å². The van der Waals surface area contributed by atoms with Crippen molar-refractivity contribution in [1.82, 2.24) is 4.57 Å². The first-order chi connectivity index (χ1) is 9.54. The van der Waals surface area contributed by atoms with Crippen LogP contribution in [0.5, 0.6) is 0 Å². The predicted octanol–water partition coefficient (Wildman–Crippen LogP) is 1.61. The van der Waals surface area contributed by atoms with E-state index in [2.05, 4.69) is 5.16 Å². The molecule has 2 aromatic rings. The minimum Gasteiger partial charge on any atom is -0.409 e. The van der Waals surface area contributed by atoms with Gasteiger partial charge >= 0.3 is 0 Å². The average Bonchev–Trinajstić information content (AvgIpc) is 2.44. The Morgan fingerprint density at radius 3 is 2.60 bits per heavy atom. The second kappa shape index (κ2) is 5.61. The van der Waals surface area contributed by atoms with Crippen molar-refractivity contribution < 1.29 is 5.21 Å². The Hall–Kier alpha value is -2.56. The molecule has 0 aliphatic carbocycles. The van der Waals surface area contributed by atoms with E-state index in [0.29, 0.717) is 6.54 Å². The molecule has 0 spiro atoms. The van der Waals surface area contributed by atoms with Crippen LogP contribution >= 0.6 is 0 Å². The number of oxime groups is 1. The van der Waals surface area contributed by atoms with Gasteiger partial charge in [-0.15, -0.1) is 0 Å². The van der Waals surface area contributed by atoms with Crippen molar-refractivity contribution in [2.75, 3.05) is 0 Å². The average molecular weight is 271 g/mol. The van der Waals surface area contributed by atoms with Gasteiger partial charge in [0.2, 0.25) is 0 Å². The van der Waals surface area contributed by atoms with Gasteiger partial charge in [-0.1, -0.05) is 29.4 Å². The molecule has 0 aliphatic heterocycles. The maximum Gasteiger partial charge on any atom is 0.262 e. The number of pyridine rings is 1. The summed E-state index contributed by atoms with van der Waals surface area (Å²) in [6.45, 7) is 4.32. The summed E-state index contributed by atoms with van der Waals surface area (Å²) in [6, 6.07) is 11.2. The van der Waals surface area contributed by atoms with Gasteiger partial charge in [-0.25, -0.2) is 0 Å². The molecule has 0 bridgehead atoms. The molecule has 5 nitrogen and oxygen atoms in total. The van der Waals surface area contributed by atoms with Gasteiger partial charge in [-0.3, -0.25) is 4.79 Å². The molecular weight excluding hydrogens is 254 g/mol. The predicted molar refractivity (Wildman–Crippen MR) is 78.2 cm³/mol. The molecule has 20 heavy (non-hydrogen) atoms. The summed E-state index contributed by atoms with van der Waals surface area (Å²) in [5, 5.41) is 11.6. The van der Waals surface area contributed by atoms with Crippen molar-refractivity contribution in [2.45, 2.75) is 20.4 Å². The minimum absolute atomic E-state index is 0.173. The second-order valence-electron chi connectivity index (χ2n) is 4.69. The molecule has 1 aromatic heterocycles. The smallest absolute Gasteiger partial charge is 0.262 e. The van der Waals surface area contributed by atoms with E-state index in [9.17, 15) is 4.79 Å². The van der Waals surface area contributed by atoms with Gasteiger partial charge in [0.15, 0.2) is 5.84 Å². The Bertz CT molecular complexity index is 717. The van der Waals surface area contributed by atoms with E-state index in [1.165, 1.54) is 0 Å². The van der Waals surface area contributed by atoms with Crippen molar-refractivity contribution in [1.29, 1.82) is 0 Å². The van der Waals surface area contributed by atoms with Gasteiger partial charge in [-0.2, -0.15) is 0 Å². The molecule has 5 heteroatoms. The van der Waals surface area contributed by atoms with Gasteiger partial charge in [0.05, 0.1) is 12.1 Å². The van der Waals surface area contributed by atoms with E-state index in [1.807, 2.05) is 38.1 Å². The highest BCUT2D eigenvalue weighted by atomic mass is 16.4. The Labute approximate surface area is 117 Å². The number of nitrogens with two attached hydrogens (primary N) is 1. The first-order valence-electron chi connectivity index (χ1n) is 6.27. The molecule has 1 heterocycles. The fraction of sp³-hybridized carbons (Fsp3) is 0.200. The van der Waals surface area contributed by atoms with E-state index < -0.39 is 0 Å². The van der Waals surface area contributed by atoms with Gasteiger partial charge in [0.1, 0.15) is 0 Å². The van der Waals surface area contributed by atoms with Crippen molar-refractivity contribution in [3.8, 4) is 0 Å². The number of aryl methyl sites for hydroxylation is 2. The SMILES string of the molecule is Cc1ccccc1Cn1c(C)ccc(/C(N)=N/O)c1=O. The molecule has 0 aliphatic rings. The fourth-order valence-electron chi connectivity index (χ4n) is 2.07. The third-order valence-electron chi connectivity index (χ3n) is 3.37. The van der Waals surface area contributed by atoms with Crippen molar-refractivity contribution in [3.05, 3.63) is 69.1 Å². The lowest BCUT2D eigenvalue weighted by Gasteiger charge is -2.13. The van der Waals surface area contributed by atoms with Crippen LogP contribution in [0.25, 0.3) is 0 Å². The normalized spacial score (nSPS) is 11.6. The lowest BCUT2D eigenvalue weighted by atomic mass is 10.1. The molecule has 104 valence electrons. The zero-order valence-electron chi connectivity index (χ0n) is 11.5. The Morgan fingerprint density at radius 2 is 1.95 bits per heavy atom. The third-order valence-corrected chi connectivity index (χ3v) is 3.37. The van der Waals surface area contributed by atoms with Crippen LogP contribution in [0.1, 0.15) is 22.4 Å². The molecule has 0 saturated carbocycles. The Morgan fingerprint density at radius 1 is 1.25 bits per heavy atom. The number of rotatable bonds is 3. The van der Waals surface area contributed by atoms with E-state index in [4.69, 9.17) is 10.9 Å². The van der Waals surface area contributed by atoms with E-state index in [-0.39, 0.29) is 17.0 Å². The summed E-state index contributed by atoms with van der Waals surface area (Å²) < 4.78 is 1.62. The summed E-state index contributed by atoms with van der Waals surface area (Å²) in [5.41, 5.74) is 8.47. The number of hydrogen-bond acceptors (Lipinski definition) is 3. The molecule has 0 amide bonds. The number of benzene rings is 1. The van der Waals surface area contributed by atoms with Crippen LogP contribution in [0.4, 0.5) is 0 Å². The molecular formula is C15H17N3O2. The largest absolute Gasteiger partial charge is 0.409 e. The first-order valence-corrected chi connectivity index (χ1v) is 6.27. The molecule has 1 aromatic carbocycles. The maximum atomic E-state index is 12.4. The zero-order chi connectivity index (χ0) is 14.7. The van der Waals surface area contributed by atoms with Crippen LogP contribution in [0.15, 0.2) is 46.3 Å². The summed E-state index contributed by atoms with van der Waals surface area (Å²) >= 11 is 0. The third kappa shape index (κ3) is 2.56. The Kier molecular flexibility index (Phi) is 3.89. The number of hydrogen-bond donors (Lipinski definition) is 2. The Balaban J connectivity index is 2.52. The van der Waals surface area contributed by atoms with Crippen LogP contribution in [0.3, 0.4) is 0 Å². The van der Waals surface area contributed by atoms with Crippen LogP contribution in [-0.4, -0.2) is 15.6 Å². The monoisotopic (exact) mass is 271 g/mol. The molecule has 0 atom stereocenters. The fourth-order valence-corrected chi connectivity index (χ4v) is 2.07. The van der Waals surface area contributed by atoms with Crippen LogP contribution in [-0.2, 0) is 6.54 Å². The number of amidine groups is 1.